The monoisotopic (exact) mass is 469 g/mol. The molecule has 2 aromatic carbocycles. The molecule has 2 heterocycles. The van der Waals surface area contributed by atoms with Crippen molar-refractivity contribution in [3.05, 3.63) is 70.2 Å². The highest BCUT2D eigenvalue weighted by atomic mass is 35.5. The van der Waals surface area contributed by atoms with Crippen molar-refractivity contribution in [2.45, 2.75) is 19.8 Å². The summed E-state index contributed by atoms with van der Waals surface area (Å²) in [5.74, 6) is 2.47. The fraction of sp³-hybridized carbons (Fsp3) is 0.174. The van der Waals surface area contributed by atoms with E-state index in [9.17, 15) is 4.79 Å². The first-order chi connectivity index (χ1) is 15.6. The van der Waals surface area contributed by atoms with Gasteiger partial charge in [0, 0.05) is 28.8 Å². The largest absolute Gasteiger partial charge is 0.494 e. The predicted molar refractivity (Wildman–Crippen MR) is 124 cm³/mol. The van der Waals surface area contributed by atoms with E-state index in [0.717, 1.165) is 11.3 Å². The SMILES string of the molecule is CCOc1ccc(Oc2ccc(Cl)cc2NC(=O)CCc2nnc(-c3ccsc3)o2)cc1. The van der Waals surface area contributed by atoms with Gasteiger partial charge < -0.3 is 19.2 Å². The summed E-state index contributed by atoms with van der Waals surface area (Å²) in [4.78, 5) is 12.5. The minimum absolute atomic E-state index is 0.167. The van der Waals surface area contributed by atoms with E-state index in [1.165, 1.54) is 0 Å². The van der Waals surface area contributed by atoms with Crippen LogP contribution in [0.2, 0.25) is 5.02 Å². The molecule has 0 aliphatic carbocycles. The van der Waals surface area contributed by atoms with Gasteiger partial charge in [-0.25, -0.2) is 0 Å². The first-order valence-corrected chi connectivity index (χ1v) is 11.3. The lowest BCUT2D eigenvalue weighted by molar-refractivity contribution is -0.116. The third-order valence-electron chi connectivity index (χ3n) is 4.38. The minimum atomic E-state index is -0.223. The summed E-state index contributed by atoms with van der Waals surface area (Å²) in [6, 6.07) is 14.2. The number of nitrogens with one attached hydrogen (secondary N) is 1. The van der Waals surface area contributed by atoms with E-state index in [1.54, 1.807) is 41.7 Å². The van der Waals surface area contributed by atoms with Crippen molar-refractivity contribution in [1.82, 2.24) is 10.2 Å². The van der Waals surface area contributed by atoms with E-state index in [-0.39, 0.29) is 12.3 Å². The van der Waals surface area contributed by atoms with Crippen LogP contribution in [0.25, 0.3) is 11.5 Å². The van der Waals surface area contributed by atoms with Crippen LogP contribution in [0.4, 0.5) is 5.69 Å². The van der Waals surface area contributed by atoms with Crippen molar-refractivity contribution < 1.29 is 18.7 Å². The van der Waals surface area contributed by atoms with Crippen LogP contribution in [-0.2, 0) is 11.2 Å². The zero-order chi connectivity index (χ0) is 22.3. The zero-order valence-electron chi connectivity index (χ0n) is 17.2. The fourth-order valence-corrected chi connectivity index (χ4v) is 3.68. The molecule has 4 aromatic rings. The summed E-state index contributed by atoms with van der Waals surface area (Å²) in [6.07, 6.45) is 0.485. The Morgan fingerprint density at radius 1 is 1.12 bits per heavy atom. The number of anilines is 1. The average Bonchev–Trinajstić information content (AvgIpc) is 3.48. The predicted octanol–water partition coefficient (Wildman–Crippen LogP) is 6.21. The summed E-state index contributed by atoms with van der Waals surface area (Å²) in [6.45, 7) is 2.51. The Kier molecular flexibility index (Phi) is 7.03. The second kappa shape index (κ2) is 10.3. The number of aryl methyl sites for hydroxylation is 1. The molecule has 0 fully saturated rings. The number of halogens is 1. The number of rotatable bonds is 9. The van der Waals surface area contributed by atoms with Gasteiger partial charge in [-0.05, 0) is 60.8 Å². The highest BCUT2D eigenvalue weighted by molar-refractivity contribution is 7.08. The highest BCUT2D eigenvalue weighted by Crippen LogP contribution is 2.33. The smallest absolute Gasteiger partial charge is 0.248 e. The number of ether oxygens (including phenoxy) is 2. The van der Waals surface area contributed by atoms with Crippen LogP contribution in [0.1, 0.15) is 19.2 Å². The van der Waals surface area contributed by atoms with Gasteiger partial charge in [-0.1, -0.05) is 11.6 Å². The van der Waals surface area contributed by atoms with Gasteiger partial charge in [-0.3, -0.25) is 4.79 Å². The highest BCUT2D eigenvalue weighted by Gasteiger charge is 2.13. The number of nitrogens with zero attached hydrogens (tertiary/aromatic N) is 2. The maximum absolute atomic E-state index is 12.5. The lowest BCUT2D eigenvalue weighted by Crippen LogP contribution is -2.13. The second-order valence-corrected chi connectivity index (χ2v) is 7.92. The topological polar surface area (TPSA) is 86.5 Å². The van der Waals surface area contributed by atoms with Gasteiger partial charge in [0.2, 0.25) is 17.7 Å². The molecule has 0 spiro atoms. The normalized spacial score (nSPS) is 10.7. The third-order valence-corrected chi connectivity index (χ3v) is 5.30. The maximum Gasteiger partial charge on any atom is 0.248 e. The molecule has 7 nitrogen and oxygen atoms in total. The molecule has 0 atom stereocenters. The summed E-state index contributed by atoms with van der Waals surface area (Å²) < 4.78 is 17.0. The molecular weight excluding hydrogens is 450 g/mol. The van der Waals surface area contributed by atoms with Crippen LogP contribution in [-0.4, -0.2) is 22.7 Å². The van der Waals surface area contributed by atoms with Crippen LogP contribution < -0.4 is 14.8 Å². The van der Waals surface area contributed by atoms with E-state index < -0.39 is 0 Å². The molecule has 0 saturated heterocycles. The Morgan fingerprint density at radius 3 is 2.69 bits per heavy atom. The average molecular weight is 470 g/mol. The molecular formula is C23H20ClN3O4S. The molecule has 1 N–H and O–H groups in total. The number of thiophene rings is 1. The molecule has 164 valence electrons. The van der Waals surface area contributed by atoms with Crippen molar-refractivity contribution in [3.63, 3.8) is 0 Å². The zero-order valence-corrected chi connectivity index (χ0v) is 18.8. The number of carbonyl (C=O) groups excluding carboxylic acids is 1. The molecule has 0 unspecified atom stereocenters. The van der Waals surface area contributed by atoms with Crippen molar-refractivity contribution >= 4 is 34.5 Å². The Bertz CT molecular complexity index is 1180. The van der Waals surface area contributed by atoms with Crippen LogP contribution in [0, 0.1) is 0 Å². The molecule has 4 rings (SSSR count). The van der Waals surface area contributed by atoms with E-state index in [1.807, 2.05) is 35.9 Å². The summed E-state index contributed by atoms with van der Waals surface area (Å²) in [5.41, 5.74) is 1.34. The van der Waals surface area contributed by atoms with Crippen LogP contribution in [0.15, 0.2) is 63.7 Å². The molecule has 0 saturated carbocycles. The molecule has 0 aliphatic rings. The second-order valence-electron chi connectivity index (χ2n) is 6.71. The van der Waals surface area contributed by atoms with E-state index in [4.69, 9.17) is 25.5 Å². The van der Waals surface area contributed by atoms with Crippen molar-refractivity contribution in [2.24, 2.45) is 0 Å². The molecule has 0 bridgehead atoms. The number of aromatic nitrogens is 2. The lowest BCUT2D eigenvalue weighted by Gasteiger charge is -2.13. The molecule has 9 heteroatoms. The third kappa shape index (κ3) is 5.66. The quantitative estimate of drug-likeness (QED) is 0.313. The van der Waals surface area contributed by atoms with Gasteiger partial charge in [0.25, 0.3) is 0 Å². The first-order valence-electron chi connectivity index (χ1n) is 9.96. The summed E-state index contributed by atoms with van der Waals surface area (Å²) >= 11 is 7.68. The summed E-state index contributed by atoms with van der Waals surface area (Å²) in [5, 5.41) is 15.2. The van der Waals surface area contributed by atoms with E-state index in [2.05, 4.69) is 15.5 Å². The van der Waals surface area contributed by atoms with Gasteiger partial charge in [0.1, 0.15) is 11.5 Å². The number of amides is 1. The van der Waals surface area contributed by atoms with Gasteiger partial charge >= 0.3 is 0 Å². The van der Waals surface area contributed by atoms with E-state index >= 15 is 0 Å². The van der Waals surface area contributed by atoms with Gasteiger partial charge in [-0.2, -0.15) is 11.3 Å². The molecule has 0 aliphatic heterocycles. The number of hydrogen-bond donors (Lipinski definition) is 1. The Morgan fingerprint density at radius 2 is 1.94 bits per heavy atom. The van der Waals surface area contributed by atoms with E-state index in [0.29, 0.717) is 47.0 Å². The number of carbonyl (C=O) groups is 1. The molecule has 32 heavy (non-hydrogen) atoms. The van der Waals surface area contributed by atoms with Crippen molar-refractivity contribution in [2.75, 3.05) is 11.9 Å². The fourth-order valence-electron chi connectivity index (χ4n) is 2.88. The first kappa shape index (κ1) is 21.9. The van der Waals surface area contributed by atoms with Gasteiger partial charge in [-0.15, -0.1) is 10.2 Å². The van der Waals surface area contributed by atoms with Crippen molar-refractivity contribution in [1.29, 1.82) is 0 Å². The lowest BCUT2D eigenvalue weighted by atomic mass is 10.2. The van der Waals surface area contributed by atoms with Crippen LogP contribution in [0.3, 0.4) is 0 Å². The Balaban J connectivity index is 1.38. The molecule has 1 amide bonds. The van der Waals surface area contributed by atoms with Crippen LogP contribution in [0.5, 0.6) is 17.2 Å². The van der Waals surface area contributed by atoms with Gasteiger partial charge in [0.15, 0.2) is 5.75 Å². The molecule has 2 aromatic heterocycles. The van der Waals surface area contributed by atoms with Gasteiger partial charge in [0.05, 0.1) is 12.3 Å². The standard InChI is InChI=1S/C23H20ClN3O4S/c1-2-29-17-4-6-18(7-5-17)30-20-8-3-16(24)13-19(20)25-21(28)9-10-22-26-27-23(31-22)15-11-12-32-14-15/h3-8,11-14H,2,9-10H2,1H3,(H,25,28). The van der Waals surface area contributed by atoms with Crippen LogP contribution >= 0.6 is 22.9 Å². The maximum atomic E-state index is 12.5. The Labute approximate surface area is 194 Å². The molecule has 0 radical (unpaired) electrons. The minimum Gasteiger partial charge on any atom is -0.494 e. The Hall–Kier alpha value is -3.36. The summed E-state index contributed by atoms with van der Waals surface area (Å²) in [7, 11) is 0. The number of hydrogen-bond acceptors (Lipinski definition) is 7. The number of benzene rings is 2. The van der Waals surface area contributed by atoms with Crippen molar-refractivity contribution in [3.8, 4) is 28.7 Å².